The molecule has 0 bridgehead atoms. The van der Waals surface area contributed by atoms with E-state index in [1.54, 1.807) is 48.1 Å². The molecule has 0 saturated heterocycles. The Bertz CT molecular complexity index is 4240. The van der Waals surface area contributed by atoms with Gasteiger partial charge in [0.25, 0.3) is 0 Å². The Morgan fingerprint density at radius 2 is 0.500 bits per heavy atom. The minimum atomic E-state index is -2.14. The van der Waals surface area contributed by atoms with E-state index in [0.29, 0.717) is 29.2 Å². The number of aryl methyl sites for hydroxylation is 18. The smallest absolute Gasteiger partial charge is 0.201 e. The first-order valence-electron chi connectivity index (χ1n) is 35.2. The van der Waals surface area contributed by atoms with Gasteiger partial charge < -0.3 is 0 Å². The second-order valence-corrected chi connectivity index (χ2v) is 26.5. The molecule has 5 aromatic heterocycles. The maximum absolute atomic E-state index is 7.45. The zero-order valence-electron chi connectivity index (χ0n) is 65.2. The molecule has 0 fully saturated rings. The van der Waals surface area contributed by atoms with Crippen molar-refractivity contribution in [2.75, 3.05) is 0 Å². The quantitative estimate of drug-likeness (QED) is 0.128. The van der Waals surface area contributed by atoms with Crippen LogP contribution >= 0.6 is 0 Å². The normalized spacial score (nSPS) is 12.2. The van der Waals surface area contributed by atoms with E-state index in [2.05, 4.69) is 305 Å². The van der Waals surface area contributed by atoms with E-state index in [4.69, 9.17) is 8.22 Å². The van der Waals surface area contributed by atoms with Gasteiger partial charge >= 0.3 is 0 Å². The Hall–Kier alpha value is -8.15. The number of aromatic nitrogens is 5. The molecule has 10 aromatic rings. The first-order chi connectivity index (χ1) is 44.8. The van der Waals surface area contributed by atoms with Crippen LogP contribution in [-0.2, 0) is 35.2 Å². The van der Waals surface area contributed by atoms with Crippen molar-refractivity contribution in [3.63, 3.8) is 0 Å². The van der Waals surface area contributed by atoms with Crippen LogP contribution in [0.4, 0.5) is 0 Å². The Morgan fingerprint density at radius 1 is 0.233 bits per heavy atom. The molecular weight excluding hydrogens is 1090 g/mol. The lowest BCUT2D eigenvalue weighted by Gasteiger charge is -2.11. The predicted octanol–water partition coefficient (Wildman–Crippen LogP) is 19.4. The van der Waals surface area contributed by atoms with Crippen LogP contribution in [0.25, 0.3) is 56.3 Å². The summed E-state index contributed by atoms with van der Waals surface area (Å²) in [6, 6.07) is 48.8. The first-order valence-corrected chi connectivity index (χ1v) is 32.2. The van der Waals surface area contributed by atoms with E-state index in [0.717, 1.165) is 16.8 Å². The summed E-state index contributed by atoms with van der Waals surface area (Å²) in [6.45, 7) is 37.2. The topological polar surface area (TPSA) is 19.4 Å². The summed E-state index contributed by atoms with van der Waals surface area (Å²) in [5.41, 5.74) is 32.5. The molecule has 0 amide bonds. The highest BCUT2D eigenvalue weighted by Crippen LogP contribution is 2.29. The summed E-state index contributed by atoms with van der Waals surface area (Å²) >= 11 is 0. The van der Waals surface area contributed by atoms with Crippen molar-refractivity contribution in [1.82, 2.24) is 0 Å². The van der Waals surface area contributed by atoms with Crippen molar-refractivity contribution in [2.24, 2.45) is 35.2 Å². The Kier molecular flexibility index (Phi) is 21.7. The lowest BCUT2D eigenvalue weighted by atomic mass is 9.95. The van der Waals surface area contributed by atoms with Crippen LogP contribution < -0.4 is 22.8 Å². The molecule has 0 saturated carbocycles. The lowest BCUT2D eigenvalue weighted by molar-refractivity contribution is -0.661. The highest BCUT2D eigenvalue weighted by atomic mass is 14.9. The summed E-state index contributed by atoms with van der Waals surface area (Å²) in [6.07, 6.45) is 10.5. The third-order valence-electron chi connectivity index (χ3n) is 17.5. The van der Waals surface area contributed by atoms with Crippen LogP contribution in [-0.4, -0.2) is 0 Å². The summed E-state index contributed by atoms with van der Waals surface area (Å²) in [5, 5.41) is 0. The van der Waals surface area contributed by atoms with E-state index < -0.39 is 13.7 Å². The SMILES string of the molecule is Cc1cc(-c2ccc(C(C)C)cc2C)[n+](C)cc1C.Cc1cc(C(C)C)ccc1-c1ccc(C(C)C)c[n+]1C.Cc1ccc(-c2cc(C)c(C)c[n+]2C)c(C)c1.Cc1ccc(-c2ccc(C(C)C)c[n+]2C)c(C)c1.[2H]C([2H])([2H])c1ccc(-c2ccc(C([2H])([2H])[2H])c[n+]2C)c(C)c1. The van der Waals surface area contributed by atoms with Crippen molar-refractivity contribution in [3.05, 3.63) is 265 Å². The van der Waals surface area contributed by atoms with Crippen molar-refractivity contribution in [2.45, 2.75) is 169 Å². The van der Waals surface area contributed by atoms with Gasteiger partial charge in [-0.3, -0.25) is 0 Å². The Labute approximate surface area is 553 Å². The van der Waals surface area contributed by atoms with E-state index in [1.807, 2.05) is 6.92 Å². The van der Waals surface area contributed by atoms with Crippen LogP contribution in [0.2, 0.25) is 0 Å². The highest BCUT2D eigenvalue weighted by molar-refractivity contribution is 5.66. The number of hydrogen-bond acceptors (Lipinski definition) is 0. The third-order valence-corrected chi connectivity index (χ3v) is 17.5. The van der Waals surface area contributed by atoms with Gasteiger partial charge in [0.05, 0.1) is 0 Å². The van der Waals surface area contributed by atoms with Gasteiger partial charge in [0.1, 0.15) is 35.2 Å². The number of hydrogen-bond donors (Lipinski definition) is 0. The van der Waals surface area contributed by atoms with Crippen molar-refractivity contribution in [3.8, 4) is 56.3 Å². The molecular formula is C85H110N5+5. The van der Waals surface area contributed by atoms with Crippen molar-refractivity contribution in [1.29, 1.82) is 0 Å². The van der Waals surface area contributed by atoms with Gasteiger partial charge in [-0.2, -0.15) is 0 Å². The van der Waals surface area contributed by atoms with Gasteiger partial charge in [-0.05, 0) is 212 Å². The molecule has 0 aliphatic carbocycles. The van der Waals surface area contributed by atoms with Crippen LogP contribution in [0, 0.1) is 89.9 Å². The molecule has 470 valence electrons. The van der Waals surface area contributed by atoms with Gasteiger partial charge in [-0.15, -0.1) is 0 Å². The molecule has 0 N–H and O–H groups in total. The number of pyridine rings is 5. The molecule has 90 heavy (non-hydrogen) atoms. The van der Waals surface area contributed by atoms with E-state index in [9.17, 15) is 0 Å². The van der Waals surface area contributed by atoms with E-state index in [1.165, 1.54) is 123 Å². The third kappa shape index (κ3) is 18.5. The molecule has 5 heterocycles. The molecule has 0 unspecified atom stereocenters. The fraction of sp³-hybridized carbons (Fsp3) is 0.353. The zero-order valence-corrected chi connectivity index (χ0v) is 59.2. The fourth-order valence-corrected chi connectivity index (χ4v) is 11.5. The second kappa shape index (κ2) is 31.5. The monoisotopic (exact) mass is 1210 g/mol. The van der Waals surface area contributed by atoms with Crippen LogP contribution in [0.15, 0.2) is 171 Å². The van der Waals surface area contributed by atoms with Crippen LogP contribution in [0.1, 0.15) is 182 Å². The first kappa shape index (κ1) is 62.1. The summed E-state index contributed by atoms with van der Waals surface area (Å²) in [5.74, 6) is 2.31. The number of benzene rings is 5. The molecule has 0 aliphatic heterocycles. The van der Waals surface area contributed by atoms with Gasteiger partial charge in [0.2, 0.25) is 28.5 Å². The summed E-state index contributed by atoms with van der Waals surface area (Å²) in [7, 11) is 10.3. The van der Waals surface area contributed by atoms with Crippen LogP contribution in [0.3, 0.4) is 0 Å². The van der Waals surface area contributed by atoms with E-state index in [-0.39, 0.29) is 5.56 Å². The number of rotatable bonds is 9. The van der Waals surface area contributed by atoms with Gasteiger partial charge in [-0.25, -0.2) is 22.8 Å². The molecule has 10 rings (SSSR count). The minimum Gasteiger partial charge on any atom is -0.201 e. The average molecular weight is 1210 g/mol. The van der Waals surface area contributed by atoms with Crippen LogP contribution in [0.5, 0.6) is 0 Å². The maximum Gasteiger partial charge on any atom is 0.212 e. The van der Waals surface area contributed by atoms with E-state index >= 15 is 0 Å². The van der Waals surface area contributed by atoms with Crippen molar-refractivity contribution >= 4 is 0 Å². The van der Waals surface area contributed by atoms with Gasteiger partial charge in [0.15, 0.2) is 31.0 Å². The molecule has 0 radical (unpaired) electrons. The average Bonchev–Trinajstić information content (AvgIpc) is 0.826. The highest BCUT2D eigenvalue weighted by Gasteiger charge is 2.20. The summed E-state index contributed by atoms with van der Waals surface area (Å²) < 4.78 is 55.3. The van der Waals surface area contributed by atoms with Crippen molar-refractivity contribution < 1.29 is 31.1 Å². The molecule has 5 heteroatoms. The molecule has 0 atom stereocenters. The molecule has 0 spiro atoms. The standard InChI is InChI=1S/C19H26N.C18H24N.C17H22N.C16H20N.C15H18N/c1-13(2)16-7-9-18(15(5)11-16)19-10-8-17(14(3)4)12-20(19)6;1-12(2)16-7-8-17(14(4)9-16)18-10-13(3)15(5)11-19(18)6;1-12(2)15-7-9-17(18(5)11-15)16-8-6-13(3)10-14(16)4;1-11-6-7-15(13(3)8-11)16-9-12(2)14(4)10-17(16)5;1-11-5-7-14(13(3)9-11)15-8-6-12(2)10-16(15)4/h7-14H,1-6H3;7-12H,1-6H3;6-12H,1-5H3;6-10H,1-5H3;5-10H,1-4H3/q5*+1/i;;;;1D3,2D3. The molecule has 0 aliphatic rings. The number of nitrogens with zero attached hydrogens (tertiary/aromatic N) is 5. The Morgan fingerprint density at radius 3 is 0.811 bits per heavy atom. The second-order valence-electron chi connectivity index (χ2n) is 26.5. The minimum absolute atomic E-state index is 0.274. The van der Waals surface area contributed by atoms with Gasteiger partial charge in [-0.1, -0.05) is 133 Å². The lowest BCUT2D eigenvalue weighted by Crippen LogP contribution is -2.31. The summed E-state index contributed by atoms with van der Waals surface area (Å²) in [4.78, 5) is 0. The maximum atomic E-state index is 7.45. The molecule has 5 nitrogen and oxygen atoms in total. The predicted molar refractivity (Wildman–Crippen MR) is 383 cm³/mol. The zero-order chi connectivity index (χ0) is 71.6. The largest absolute Gasteiger partial charge is 0.212 e. The Balaban J connectivity index is 0.000000190. The fourth-order valence-electron chi connectivity index (χ4n) is 11.5. The van der Waals surface area contributed by atoms with Gasteiger partial charge in [0, 0.05) is 94.2 Å². The molecule has 5 aromatic carbocycles.